The molecule has 1 aliphatic rings. The summed E-state index contributed by atoms with van der Waals surface area (Å²) in [4.78, 5) is 25.9. The first-order valence-electron chi connectivity index (χ1n) is 8.02. The third kappa shape index (κ3) is 3.28. The van der Waals surface area contributed by atoms with E-state index in [1.54, 1.807) is 24.3 Å². The summed E-state index contributed by atoms with van der Waals surface area (Å²) in [5, 5.41) is 3.44. The van der Waals surface area contributed by atoms with Crippen molar-refractivity contribution in [2.24, 2.45) is 0 Å². The van der Waals surface area contributed by atoms with Crippen LogP contribution in [0, 0.1) is 0 Å². The number of nitrogens with one attached hydrogen (secondary N) is 1. The molecule has 124 valence electrons. The number of amides is 2. The summed E-state index contributed by atoms with van der Waals surface area (Å²) in [6.07, 6.45) is 0.722. The van der Waals surface area contributed by atoms with Crippen LogP contribution in [0.1, 0.15) is 45.7 Å². The lowest BCUT2D eigenvalue weighted by Gasteiger charge is -2.17. The van der Waals surface area contributed by atoms with E-state index < -0.39 is 0 Å². The van der Waals surface area contributed by atoms with Crippen LogP contribution >= 0.6 is 15.9 Å². The molecular weight excluding hydrogens is 368 g/mol. The van der Waals surface area contributed by atoms with Gasteiger partial charge in [0.2, 0.25) is 0 Å². The molecule has 4 nitrogen and oxygen atoms in total. The predicted molar refractivity (Wildman–Crippen MR) is 97.0 cm³/mol. The molecule has 0 saturated heterocycles. The first-order valence-corrected chi connectivity index (χ1v) is 8.82. The molecule has 1 unspecified atom stereocenters. The van der Waals surface area contributed by atoms with Gasteiger partial charge in [-0.1, -0.05) is 46.3 Å². The summed E-state index contributed by atoms with van der Waals surface area (Å²) in [5.41, 5.74) is 2.22. The Labute approximate surface area is 150 Å². The van der Waals surface area contributed by atoms with Gasteiger partial charge in [-0.15, -0.1) is 0 Å². The number of nitrogens with zero attached hydrogens (tertiary/aromatic N) is 1. The number of carbonyl (C=O) groups excluding carboxylic acids is 2. The van der Waals surface area contributed by atoms with E-state index in [1.165, 1.54) is 10.5 Å². The molecule has 5 heteroatoms. The molecule has 1 aliphatic heterocycles. The zero-order chi connectivity index (χ0) is 17.1. The van der Waals surface area contributed by atoms with Crippen molar-refractivity contribution in [3.63, 3.8) is 0 Å². The van der Waals surface area contributed by atoms with Gasteiger partial charge >= 0.3 is 0 Å². The molecule has 1 atom stereocenters. The van der Waals surface area contributed by atoms with E-state index in [4.69, 9.17) is 0 Å². The van der Waals surface area contributed by atoms with Gasteiger partial charge in [-0.3, -0.25) is 14.5 Å². The second-order valence-electron chi connectivity index (χ2n) is 5.86. The van der Waals surface area contributed by atoms with Crippen LogP contribution in [0.15, 0.2) is 53.0 Å². The van der Waals surface area contributed by atoms with Gasteiger partial charge in [-0.05, 0) is 43.7 Å². The van der Waals surface area contributed by atoms with Gasteiger partial charge in [0.05, 0.1) is 11.1 Å². The van der Waals surface area contributed by atoms with Crippen molar-refractivity contribution in [2.45, 2.75) is 19.4 Å². The fraction of sp³-hybridized carbons (Fsp3) is 0.263. The topological polar surface area (TPSA) is 49.4 Å². The second kappa shape index (κ2) is 7.28. The summed E-state index contributed by atoms with van der Waals surface area (Å²) >= 11 is 3.55. The van der Waals surface area contributed by atoms with Crippen LogP contribution < -0.4 is 5.32 Å². The standard InChI is InChI=1S/C19H19BrN2O2/c1-13(14-7-4-5-10-17(14)20)21-11-6-12-22-18(23)15-8-2-3-9-16(15)19(22)24/h2-5,7-10,13,21H,6,11-12H2,1H3. The van der Waals surface area contributed by atoms with Crippen LogP contribution in [0.4, 0.5) is 0 Å². The van der Waals surface area contributed by atoms with Crippen molar-refractivity contribution in [1.29, 1.82) is 0 Å². The highest BCUT2D eigenvalue weighted by Crippen LogP contribution is 2.24. The molecular formula is C19H19BrN2O2. The van der Waals surface area contributed by atoms with Gasteiger partial charge in [0.1, 0.15) is 0 Å². The highest BCUT2D eigenvalue weighted by molar-refractivity contribution is 9.10. The average Bonchev–Trinajstić information content (AvgIpc) is 2.84. The van der Waals surface area contributed by atoms with Crippen molar-refractivity contribution >= 4 is 27.7 Å². The summed E-state index contributed by atoms with van der Waals surface area (Å²) in [6.45, 7) is 3.26. The van der Waals surface area contributed by atoms with E-state index in [0.29, 0.717) is 17.7 Å². The summed E-state index contributed by atoms with van der Waals surface area (Å²) in [5.74, 6) is -0.371. The predicted octanol–water partition coefficient (Wildman–Crippen LogP) is 3.79. The summed E-state index contributed by atoms with van der Waals surface area (Å²) < 4.78 is 1.07. The molecule has 1 heterocycles. The van der Waals surface area contributed by atoms with E-state index in [9.17, 15) is 9.59 Å². The molecule has 0 bridgehead atoms. The lowest BCUT2D eigenvalue weighted by molar-refractivity contribution is 0.0652. The Bertz CT molecular complexity index is 740. The number of fused-ring (bicyclic) bond motifs is 1. The van der Waals surface area contributed by atoms with Crippen LogP contribution in [-0.4, -0.2) is 29.8 Å². The number of rotatable bonds is 6. The van der Waals surface area contributed by atoms with Crippen molar-refractivity contribution in [3.8, 4) is 0 Å². The smallest absolute Gasteiger partial charge is 0.261 e. The minimum Gasteiger partial charge on any atom is -0.310 e. The van der Waals surface area contributed by atoms with Crippen molar-refractivity contribution < 1.29 is 9.59 Å². The normalized spacial score (nSPS) is 14.8. The van der Waals surface area contributed by atoms with Gasteiger partial charge in [-0.2, -0.15) is 0 Å². The number of hydrogen-bond donors (Lipinski definition) is 1. The molecule has 2 aromatic carbocycles. The molecule has 0 fully saturated rings. The van der Waals surface area contributed by atoms with E-state index in [2.05, 4.69) is 34.2 Å². The first kappa shape index (κ1) is 16.9. The van der Waals surface area contributed by atoms with Gasteiger partial charge in [-0.25, -0.2) is 0 Å². The molecule has 0 saturated carbocycles. The number of benzene rings is 2. The summed E-state index contributed by atoms with van der Waals surface area (Å²) in [6, 6.07) is 15.3. The quantitative estimate of drug-likeness (QED) is 0.606. The fourth-order valence-corrected chi connectivity index (χ4v) is 3.56. The monoisotopic (exact) mass is 386 g/mol. The molecule has 0 spiro atoms. The van der Waals surface area contributed by atoms with E-state index in [-0.39, 0.29) is 17.9 Å². The van der Waals surface area contributed by atoms with E-state index in [1.807, 2.05) is 18.2 Å². The number of halogens is 1. The zero-order valence-electron chi connectivity index (χ0n) is 13.5. The molecule has 0 aromatic heterocycles. The van der Waals surface area contributed by atoms with Crippen LogP contribution in [0.2, 0.25) is 0 Å². The largest absolute Gasteiger partial charge is 0.310 e. The molecule has 2 aromatic rings. The Hall–Kier alpha value is -1.98. The molecule has 3 rings (SSSR count). The van der Waals surface area contributed by atoms with E-state index >= 15 is 0 Å². The Morgan fingerprint density at radius 1 is 1.00 bits per heavy atom. The third-order valence-corrected chi connectivity index (χ3v) is 4.98. The van der Waals surface area contributed by atoms with Crippen LogP contribution in [0.3, 0.4) is 0 Å². The number of imide groups is 1. The Morgan fingerprint density at radius 3 is 2.21 bits per heavy atom. The maximum absolute atomic E-state index is 12.3. The second-order valence-corrected chi connectivity index (χ2v) is 6.71. The van der Waals surface area contributed by atoms with Gasteiger partial charge in [0.25, 0.3) is 11.8 Å². The van der Waals surface area contributed by atoms with Crippen LogP contribution in [0.5, 0.6) is 0 Å². The minimum atomic E-state index is -0.186. The third-order valence-electron chi connectivity index (χ3n) is 4.26. The average molecular weight is 387 g/mol. The van der Waals surface area contributed by atoms with Crippen molar-refractivity contribution in [1.82, 2.24) is 10.2 Å². The number of carbonyl (C=O) groups is 2. The lowest BCUT2D eigenvalue weighted by atomic mass is 10.1. The van der Waals surface area contributed by atoms with Crippen molar-refractivity contribution in [2.75, 3.05) is 13.1 Å². The maximum atomic E-state index is 12.3. The molecule has 0 aliphatic carbocycles. The molecule has 2 amide bonds. The van der Waals surface area contributed by atoms with Crippen LogP contribution in [0.25, 0.3) is 0 Å². The SMILES string of the molecule is CC(NCCCN1C(=O)c2ccccc2C1=O)c1ccccc1Br. The van der Waals surface area contributed by atoms with Gasteiger partial charge < -0.3 is 5.32 Å². The summed E-state index contributed by atoms with van der Waals surface area (Å²) in [7, 11) is 0. The molecule has 1 N–H and O–H groups in total. The van der Waals surface area contributed by atoms with E-state index in [0.717, 1.165) is 17.4 Å². The highest BCUT2D eigenvalue weighted by Gasteiger charge is 2.34. The zero-order valence-corrected chi connectivity index (χ0v) is 15.0. The fourth-order valence-electron chi connectivity index (χ4n) is 2.93. The first-order chi connectivity index (χ1) is 11.6. The molecule has 0 radical (unpaired) electrons. The Kier molecular flexibility index (Phi) is 5.11. The Morgan fingerprint density at radius 2 is 1.58 bits per heavy atom. The van der Waals surface area contributed by atoms with Crippen LogP contribution in [-0.2, 0) is 0 Å². The Balaban J connectivity index is 1.52. The highest BCUT2D eigenvalue weighted by atomic mass is 79.9. The van der Waals surface area contributed by atoms with Gasteiger partial charge in [0.15, 0.2) is 0 Å². The number of hydrogen-bond acceptors (Lipinski definition) is 3. The maximum Gasteiger partial charge on any atom is 0.261 e. The minimum absolute atomic E-state index is 0.186. The van der Waals surface area contributed by atoms with Crippen molar-refractivity contribution in [3.05, 3.63) is 69.7 Å². The lowest BCUT2D eigenvalue weighted by Crippen LogP contribution is -2.32. The van der Waals surface area contributed by atoms with Gasteiger partial charge in [0, 0.05) is 17.1 Å². The molecule has 24 heavy (non-hydrogen) atoms.